The van der Waals surface area contributed by atoms with Gasteiger partial charge in [-0.3, -0.25) is 0 Å². The van der Waals surface area contributed by atoms with Gasteiger partial charge in [0.25, 0.3) is 6.43 Å². The fourth-order valence-electron chi connectivity index (χ4n) is 1.07. The number of alkyl halides is 2. The van der Waals surface area contributed by atoms with Crippen molar-refractivity contribution in [3.63, 3.8) is 0 Å². The molecule has 0 saturated heterocycles. The van der Waals surface area contributed by atoms with Crippen molar-refractivity contribution in [1.29, 1.82) is 0 Å². The van der Waals surface area contributed by atoms with E-state index in [1.54, 1.807) is 0 Å². The van der Waals surface area contributed by atoms with E-state index < -0.39 is 41.7 Å². The zero-order chi connectivity index (χ0) is 11.6. The standard InChI is InChI=1S/C8H7F3N2O2/c9-3-1-4(8(14)15)13-5(2-12)6(3)7(10)11/h1,7H,2,12H2,(H,14,15). The van der Waals surface area contributed by atoms with Gasteiger partial charge in [-0.25, -0.2) is 22.9 Å². The van der Waals surface area contributed by atoms with E-state index in [9.17, 15) is 18.0 Å². The number of rotatable bonds is 3. The third kappa shape index (κ3) is 2.24. The second-order valence-electron chi connectivity index (χ2n) is 2.66. The lowest BCUT2D eigenvalue weighted by Gasteiger charge is -2.08. The summed E-state index contributed by atoms with van der Waals surface area (Å²) in [4.78, 5) is 13.8. The Balaban J connectivity index is 3.37. The number of nitrogens with zero attached hydrogens (tertiary/aromatic N) is 1. The molecule has 3 N–H and O–H groups in total. The Morgan fingerprint density at radius 2 is 2.20 bits per heavy atom. The van der Waals surface area contributed by atoms with Crippen LogP contribution in [-0.2, 0) is 6.54 Å². The van der Waals surface area contributed by atoms with Gasteiger partial charge >= 0.3 is 5.97 Å². The van der Waals surface area contributed by atoms with E-state index in [0.29, 0.717) is 6.07 Å². The van der Waals surface area contributed by atoms with E-state index >= 15 is 0 Å². The van der Waals surface area contributed by atoms with Gasteiger partial charge in [-0.15, -0.1) is 0 Å². The second-order valence-corrected chi connectivity index (χ2v) is 2.66. The number of aromatic nitrogens is 1. The van der Waals surface area contributed by atoms with Crippen LogP contribution in [0.2, 0.25) is 0 Å². The number of carboxylic acid groups (broad SMARTS) is 1. The average molecular weight is 220 g/mol. The van der Waals surface area contributed by atoms with Crippen LogP contribution in [0.5, 0.6) is 0 Å². The number of hydrogen-bond acceptors (Lipinski definition) is 3. The molecule has 0 aliphatic rings. The molecule has 1 heterocycles. The highest BCUT2D eigenvalue weighted by molar-refractivity contribution is 5.85. The van der Waals surface area contributed by atoms with Gasteiger partial charge in [-0.1, -0.05) is 0 Å². The highest BCUT2D eigenvalue weighted by Gasteiger charge is 2.21. The fraction of sp³-hybridized carbons (Fsp3) is 0.250. The minimum absolute atomic E-state index is 0.442. The first-order chi connectivity index (χ1) is 6.97. The van der Waals surface area contributed by atoms with Gasteiger partial charge in [-0.2, -0.15) is 0 Å². The van der Waals surface area contributed by atoms with Gasteiger partial charge in [0.05, 0.1) is 11.3 Å². The molecular formula is C8H7F3N2O2. The molecule has 7 heteroatoms. The Hall–Kier alpha value is -1.63. The normalized spacial score (nSPS) is 10.7. The van der Waals surface area contributed by atoms with E-state index in [1.165, 1.54) is 0 Å². The Kier molecular flexibility index (Phi) is 3.25. The summed E-state index contributed by atoms with van der Waals surface area (Å²) in [6, 6.07) is 0.447. The van der Waals surface area contributed by atoms with Crippen LogP contribution in [0.25, 0.3) is 0 Å². The van der Waals surface area contributed by atoms with Crippen molar-refractivity contribution in [2.45, 2.75) is 13.0 Å². The number of hydrogen-bond donors (Lipinski definition) is 2. The molecule has 0 amide bonds. The van der Waals surface area contributed by atoms with Gasteiger partial charge in [0.2, 0.25) is 0 Å². The maximum atomic E-state index is 13.1. The van der Waals surface area contributed by atoms with E-state index in [1.807, 2.05) is 0 Å². The molecule has 0 radical (unpaired) electrons. The summed E-state index contributed by atoms with van der Waals surface area (Å²) in [7, 11) is 0. The highest BCUT2D eigenvalue weighted by atomic mass is 19.3. The third-order valence-corrected chi connectivity index (χ3v) is 1.72. The SMILES string of the molecule is NCc1nc(C(=O)O)cc(F)c1C(F)F. The lowest BCUT2D eigenvalue weighted by Crippen LogP contribution is -2.12. The molecule has 1 rings (SSSR count). The number of carbonyl (C=O) groups is 1. The Morgan fingerprint density at radius 3 is 2.60 bits per heavy atom. The summed E-state index contributed by atoms with van der Waals surface area (Å²) < 4.78 is 37.7. The van der Waals surface area contributed by atoms with Crippen LogP contribution in [0.3, 0.4) is 0 Å². The molecule has 1 aromatic heterocycles. The third-order valence-electron chi connectivity index (χ3n) is 1.72. The van der Waals surface area contributed by atoms with Crippen LogP contribution in [0, 0.1) is 5.82 Å². The quantitative estimate of drug-likeness (QED) is 0.805. The topological polar surface area (TPSA) is 76.2 Å². The van der Waals surface area contributed by atoms with Crippen molar-refractivity contribution in [1.82, 2.24) is 4.98 Å². The van der Waals surface area contributed by atoms with Gasteiger partial charge in [0, 0.05) is 12.6 Å². The predicted molar refractivity (Wildman–Crippen MR) is 44.0 cm³/mol. The van der Waals surface area contributed by atoms with E-state index in [0.717, 1.165) is 0 Å². The van der Waals surface area contributed by atoms with Gasteiger partial charge in [0.15, 0.2) is 5.69 Å². The second kappa shape index (κ2) is 4.26. The van der Waals surface area contributed by atoms with Crippen LogP contribution in [0.15, 0.2) is 6.07 Å². The zero-order valence-electron chi connectivity index (χ0n) is 7.38. The molecule has 0 spiro atoms. The van der Waals surface area contributed by atoms with Crippen LogP contribution >= 0.6 is 0 Å². The summed E-state index contributed by atoms with van der Waals surface area (Å²) in [6.45, 7) is -0.447. The van der Waals surface area contributed by atoms with Gasteiger partial charge < -0.3 is 10.8 Å². The molecule has 0 bridgehead atoms. The predicted octanol–water partition coefficient (Wildman–Crippen LogP) is 1.32. The first kappa shape index (κ1) is 11.4. The van der Waals surface area contributed by atoms with Crippen LogP contribution in [-0.4, -0.2) is 16.1 Å². The molecule has 0 saturated carbocycles. The minimum Gasteiger partial charge on any atom is -0.477 e. The summed E-state index contributed by atoms with van der Waals surface area (Å²) in [5.74, 6) is -2.80. The number of nitrogens with two attached hydrogens (primary N) is 1. The van der Waals surface area contributed by atoms with Crippen LogP contribution < -0.4 is 5.73 Å². The van der Waals surface area contributed by atoms with Crippen molar-refractivity contribution in [3.8, 4) is 0 Å². The molecule has 0 aliphatic heterocycles. The smallest absolute Gasteiger partial charge is 0.354 e. The number of carboxylic acids is 1. The first-order valence-electron chi connectivity index (χ1n) is 3.88. The van der Waals surface area contributed by atoms with Crippen molar-refractivity contribution in [2.75, 3.05) is 0 Å². The van der Waals surface area contributed by atoms with E-state index in [-0.39, 0.29) is 0 Å². The molecule has 0 aliphatic carbocycles. The molecule has 0 fully saturated rings. The average Bonchev–Trinajstić information content (AvgIpc) is 2.15. The molecule has 0 unspecified atom stereocenters. The highest BCUT2D eigenvalue weighted by Crippen LogP contribution is 2.25. The van der Waals surface area contributed by atoms with Crippen molar-refractivity contribution < 1.29 is 23.1 Å². The zero-order valence-corrected chi connectivity index (χ0v) is 7.38. The molecule has 1 aromatic rings. The van der Waals surface area contributed by atoms with Gasteiger partial charge in [-0.05, 0) is 0 Å². The Labute approximate surface area is 82.5 Å². The largest absolute Gasteiger partial charge is 0.477 e. The Morgan fingerprint density at radius 1 is 1.60 bits per heavy atom. The lowest BCUT2D eigenvalue weighted by molar-refractivity contribution is 0.0688. The summed E-state index contributed by atoms with van der Waals surface area (Å²) in [5, 5.41) is 8.50. The summed E-state index contributed by atoms with van der Waals surface area (Å²) in [6.07, 6.45) is -3.07. The molecule has 15 heavy (non-hydrogen) atoms. The summed E-state index contributed by atoms with van der Waals surface area (Å²) >= 11 is 0. The van der Waals surface area contributed by atoms with Crippen molar-refractivity contribution in [3.05, 3.63) is 28.8 Å². The molecular weight excluding hydrogens is 213 g/mol. The summed E-state index contributed by atoms with van der Waals surface area (Å²) in [5.41, 5.74) is 3.05. The number of aromatic carboxylic acids is 1. The fourth-order valence-corrected chi connectivity index (χ4v) is 1.07. The van der Waals surface area contributed by atoms with Crippen molar-refractivity contribution >= 4 is 5.97 Å². The maximum Gasteiger partial charge on any atom is 0.354 e. The van der Waals surface area contributed by atoms with Gasteiger partial charge in [0.1, 0.15) is 5.82 Å². The Bertz CT molecular complexity index is 396. The molecule has 0 atom stereocenters. The minimum atomic E-state index is -3.07. The molecule has 0 aromatic carbocycles. The molecule has 82 valence electrons. The number of halogens is 3. The van der Waals surface area contributed by atoms with Crippen LogP contribution in [0.4, 0.5) is 13.2 Å². The van der Waals surface area contributed by atoms with E-state index in [2.05, 4.69) is 4.98 Å². The lowest BCUT2D eigenvalue weighted by atomic mass is 10.1. The van der Waals surface area contributed by atoms with Crippen molar-refractivity contribution in [2.24, 2.45) is 5.73 Å². The monoisotopic (exact) mass is 220 g/mol. The molecule has 4 nitrogen and oxygen atoms in total. The van der Waals surface area contributed by atoms with E-state index in [4.69, 9.17) is 10.8 Å². The first-order valence-corrected chi connectivity index (χ1v) is 3.88. The van der Waals surface area contributed by atoms with Crippen LogP contribution in [0.1, 0.15) is 28.2 Å². The maximum absolute atomic E-state index is 13.1. The number of pyridine rings is 1.